The molecule has 0 bridgehead atoms. The lowest BCUT2D eigenvalue weighted by Gasteiger charge is -2.34. The van der Waals surface area contributed by atoms with Crippen LogP contribution in [0.2, 0.25) is 0 Å². The van der Waals surface area contributed by atoms with Gasteiger partial charge in [0.25, 0.3) is 0 Å². The van der Waals surface area contributed by atoms with Gasteiger partial charge in [0.05, 0.1) is 5.41 Å². The van der Waals surface area contributed by atoms with Gasteiger partial charge in [-0.3, -0.25) is 4.79 Å². The van der Waals surface area contributed by atoms with E-state index in [0.29, 0.717) is 19.5 Å². The lowest BCUT2D eigenvalue weighted by molar-refractivity contribution is -0.149. The van der Waals surface area contributed by atoms with Gasteiger partial charge in [-0.15, -0.1) is 0 Å². The number of carbonyl (C=O) groups is 2. The number of nitrogens with zero attached hydrogens (tertiary/aromatic N) is 3. The molecule has 0 spiro atoms. The van der Waals surface area contributed by atoms with E-state index in [2.05, 4.69) is 15.2 Å². The van der Waals surface area contributed by atoms with Crippen LogP contribution >= 0.6 is 0 Å². The standard InChI is InChI=1S/C19H26N4O3/c24-17(25)19-8-3-4-14(19)12-23(13-19)18(26)21-15-6-10-22(11-7-15)16-5-1-2-9-20-16/h1-2,5,9,14-15H,3-4,6-8,10-13H2,(H,21,26)(H,24,25)/t14-,19+/m0/s1. The molecule has 7 nitrogen and oxygen atoms in total. The second-order valence-corrected chi connectivity index (χ2v) is 7.83. The average molecular weight is 358 g/mol. The molecule has 1 aromatic rings. The van der Waals surface area contributed by atoms with Crippen LogP contribution in [-0.2, 0) is 4.79 Å². The molecule has 2 amide bonds. The van der Waals surface area contributed by atoms with E-state index in [0.717, 1.165) is 44.6 Å². The third-order valence-corrected chi connectivity index (χ3v) is 6.38. The Kier molecular flexibility index (Phi) is 4.46. The number of piperidine rings is 1. The number of aromatic nitrogens is 1. The van der Waals surface area contributed by atoms with Crippen molar-refractivity contribution in [1.82, 2.24) is 15.2 Å². The molecule has 2 saturated heterocycles. The van der Waals surface area contributed by atoms with Crippen LogP contribution in [0.4, 0.5) is 10.6 Å². The molecule has 2 atom stereocenters. The number of anilines is 1. The summed E-state index contributed by atoms with van der Waals surface area (Å²) in [7, 11) is 0. The number of likely N-dealkylation sites (tertiary alicyclic amines) is 1. The Balaban J connectivity index is 1.31. The maximum absolute atomic E-state index is 12.7. The summed E-state index contributed by atoms with van der Waals surface area (Å²) in [5, 5.41) is 12.8. The molecule has 3 aliphatic rings. The molecule has 0 aromatic carbocycles. The molecule has 7 heteroatoms. The monoisotopic (exact) mass is 358 g/mol. The highest BCUT2D eigenvalue weighted by Gasteiger charge is 2.55. The molecule has 0 radical (unpaired) electrons. The maximum atomic E-state index is 12.7. The zero-order chi connectivity index (χ0) is 18.1. The van der Waals surface area contributed by atoms with E-state index in [1.54, 1.807) is 11.1 Å². The molecular formula is C19H26N4O3. The molecule has 2 N–H and O–H groups in total. The Morgan fingerprint density at radius 3 is 2.69 bits per heavy atom. The Morgan fingerprint density at radius 2 is 2.04 bits per heavy atom. The van der Waals surface area contributed by atoms with Crippen molar-refractivity contribution in [3.8, 4) is 0 Å². The van der Waals surface area contributed by atoms with Gasteiger partial charge in [0.15, 0.2) is 0 Å². The second kappa shape index (κ2) is 6.78. The smallest absolute Gasteiger partial charge is 0.317 e. The number of hydrogen-bond donors (Lipinski definition) is 2. The highest BCUT2D eigenvalue weighted by molar-refractivity contribution is 5.80. The number of nitrogens with one attached hydrogen (secondary N) is 1. The summed E-state index contributed by atoms with van der Waals surface area (Å²) in [5.74, 6) is 0.351. The number of urea groups is 1. The molecule has 140 valence electrons. The summed E-state index contributed by atoms with van der Waals surface area (Å²) >= 11 is 0. The van der Waals surface area contributed by atoms with E-state index in [-0.39, 0.29) is 18.0 Å². The van der Waals surface area contributed by atoms with Gasteiger partial charge in [0.1, 0.15) is 5.82 Å². The third-order valence-electron chi connectivity index (χ3n) is 6.38. The van der Waals surface area contributed by atoms with Gasteiger partial charge in [-0.2, -0.15) is 0 Å². The normalized spacial score (nSPS) is 28.8. The van der Waals surface area contributed by atoms with Gasteiger partial charge < -0.3 is 20.2 Å². The SMILES string of the molecule is O=C(NC1CCN(c2ccccn2)CC1)N1C[C@@H]2CCC[C@@]2(C(=O)O)C1. The quantitative estimate of drug-likeness (QED) is 0.862. The van der Waals surface area contributed by atoms with Crippen LogP contribution in [0.15, 0.2) is 24.4 Å². The van der Waals surface area contributed by atoms with Gasteiger partial charge >= 0.3 is 12.0 Å². The van der Waals surface area contributed by atoms with Gasteiger partial charge in [0, 0.05) is 38.4 Å². The molecule has 26 heavy (non-hydrogen) atoms. The molecule has 2 aliphatic heterocycles. The van der Waals surface area contributed by atoms with E-state index >= 15 is 0 Å². The zero-order valence-corrected chi connectivity index (χ0v) is 14.9. The summed E-state index contributed by atoms with van der Waals surface area (Å²) in [5.41, 5.74) is -0.709. The van der Waals surface area contributed by atoms with Crippen LogP contribution in [-0.4, -0.2) is 59.2 Å². The van der Waals surface area contributed by atoms with Crippen molar-refractivity contribution in [2.45, 2.75) is 38.1 Å². The topological polar surface area (TPSA) is 85.8 Å². The van der Waals surface area contributed by atoms with E-state index in [1.807, 2.05) is 18.2 Å². The predicted octanol–water partition coefficient (Wildman–Crippen LogP) is 1.95. The first-order valence-corrected chi connectivity index (χ1v) is 9.53. The van der Waals surface area contributed by atoms with Crippen LogP contribution in [0.1, 0.15) is 32.1 Å². The van der Waals surface area contributed by atoms with Crippen molar-refractivity contribution in [2.75, 3.05) is 31.1 Å². The van der Waals surface area contributed by atoms with E-state index in [1.165, 1.54) is 0 Å². The number of carboxylic acid groups (broad SMARTS) is 1. The molecule has 1 aromatic heterocycles. The van der Waals surface area contributed by atoms with Crippen LogP contribution < -0.4 is 10.2 Å². The van der Waals surface area contributed by atoms with Gasteiger partial charge in [-0.05, 0) is 43.7 Å². The minimum Gasteiger partial charge on any atom is -0.481 e. The highest BCUT2D eigenvalue weighted by Crippen LogP contribution is 2.48. The number of aliphatic carboxylic acids is 1. The predicted molar refractivity (Wildman–Crippen MR) is 97.0 cm³/mol. The number of carboxylic acids is 1. The average Bonchev–Trinajstić information content (AvgIpc) is 3.22. The first-order chi connectivity index (χ1) is 12.6. The van der Waals surface area contributed by atoms with E-state index in [9.17, 15) is 14.7 Å². The Labute approximate surface area is 153 Å². The fraction of sp³-hybridized carbons (Fsp3) is 0.632. The fourth-order valence-corrected chi connectivity index (χ4v) is 4.85. The summed E-state index contributed by atoms with van der Waals surface area (Å²) in [6.07, 6.45) is 6.12. The van der Waals surface area contributed by atoms with Crippen LogP contribution in [0.3, 0.4) is 0 Å². The molecule has 1 aliphatic carbocycles. The largest absolute Gasteiger partial charge is 0.481 e. The minimum atomic E-state index is -0.737. The van der Waals surface area contributed by atoms with E-state index in [4.69, 9.17) is 0 Å². The summed E-state index contributed by atoms with van der Waals surface area (Å²) in [6, 6.07) is 5.94. The van der Waals surface area contributed by atoms with Crippen molar-refractivity contribution in [3.63, 3.8) is 0 Å². The number of rotatable bonds is 3. The summed E-state index contributed by atoms with van der Waals surface area (Å²) in [6.45, 7) is 2.66. The van der Waals surface area contributed by atoms with Crippen molar-refractivity contribution < 1.29 is 14.7 Å². The summed E-state index contributed by atoms with van der Waals surface area (Å²) < 4.78 is 0. The Morgan fingerprint density at radius 1 is 1.23 bits per heavy atom. The molecule has 1 saturated carbocycles. The Hall–Kier alpha value is -2.31. The van der Waals surface area contributed by atoms with Crippen LogP contribution in [0.25, 0.3) is 0 Å². The number of hydrogen-bond acceptors (Lipinski definition) is 4. The number of carbonyl (C=O) groups excluding carboxylic acids is 1. The molecule has 3 heterocycles. The number of amides is 2. The van der Waals surface area contributed by atoms with Crippen LogP contribution in [0, 0.1) is 11.3 Å². The van der Waals surface area contributed by atoms with Gasteiger partial charge in [-0.1, -0.05) is 12.5 Å². The number of pyridine rings is 1. The molecule has 0 unspecified atom stereocenters. The Bertz CT molecular complexity index is 675. The van der Waals surface area contributed by atoms with Crippen molar-refractivity contribution in [3.05, 3.63) is 24.4 Å². The fourth-order valence-electron chi connectivity index (χ4n) is 4.85. The minimum absolute atomic E-state index is 0.101. The maximum Gasteiger partial charge on any atom is 0.317 e. The van der Waals surface area contributed by atoms with Gasteiger partial charge in [0.2, 0.25) is 0 Å². The number of fused-ring (bicyclic) bond motifs is 1. The molecule has 4 rings (SSSR count). The third kappa shape index (κ3) is 2.99. The second-order valence-electron chi connectivity index (χ2n) is 7.83. The molecular weight excluding hydrogens is 332 g/mol. The zero-order valence-electron chi connectivity index (χ0n) is 14.9. The summed E-state index contributed by atoms with van der Waals surface area (Å²) in [4.78, 5) is 32.8. The van der Waals surface area contributed by atoms with Gasteiger partial charge in [-0.25, -0.2) is 9.78 Å². The first-order valence-electron chi connectivity index (χ1n) is 9.53. The lowest BCUT2D eigenvalue weighted by Crippen LogP contribution is -2.49. The van der Waals surface area contributed by atoms with Crippen molar-refractivity contribution in [2.24, 2.45) is 11.3 Å². The molecule has 3 fully saturated rings. The lowest BCUT2D eigenvalue weighted by atomic mass is 9.81. The van der Waals surface area contributed by atoms with Crippen molar-refractivity contribution >= 4 is 17.8 Å². The van der Waals surface area contributed by atoms with E-state index < -0.39 is 11.4 Å². The first kappa shape index (κ1) is 17.1. The highest BCUT2D eigenvalue weighted by atomic mass is 16.4. The van der Waals surface area contributed by atoms with Crippen molar-refractivity contribution in [1.29, 1.82) is 0 Å². The van der Waals surface area contributed by atoms with Crippen LogP contribution in [0.5, 0.6) is 0 Å².